The molecule has 1 aliphatic heterocycles. The van der Waals surface area contributed by atoms with Crippen molar-refractivity contribution in [2.45, 2.75) is 12.8 Å². The number of fused-ring (bicyclic) bond motifs is 1. The topological polar surface area (TPSA) is 93.4 Å². The number of H-pyrrole nitrogens is 1. The summed E-state index contributed by atoms with van der Waals surface area (Å²) in [6, 6.07) is 8.00. The number of aromatic nitrogens is 2. The number of rotatable bonds is 6. The maximum absolute atomic E-state index is 12.3. The minimum atomic E-state index is -0.132. The fraction of sp³-hybridized carbons (Fsp3) is 0.381. The quantitative estimate of drug-likeness (QED) is 0.564. The molecule has 1 fully saturated rings. The van der Waals surface area contributed by atoms with Crippen molar-refractivity contribution < 1.29 is 9.59 Å². The lowest BCUT2D eigenvalue weighted by Crippen LogP contribution is -2.48. The van der Waals surface area contributed by atoms with Crippen LogP contribution in [0.5, 0.6) is 0 Å². The molecule has 0 unspecified atom stereocenters. The van der Waals surface area contributed by atoms with Gasteiger partial charge in [0.1, 0.15) is 0 Å². The summed E-state index contributed by atoms with van der Waals surface area (Å²) < 4.78 is 0. The van der Waals surface area contributed by atoms with Crippen LogP contribution in [-0.2, 0) is 17.6 Å². The number of thiazole rings is 1. The maximum atomic E-state index is 12.3. The highest BCUT2D eigenvalue weighted by Gasteiger charge is 2.20. The van der Waals surface area contributed by atoms with Gasteiger partial charge in [-0.05, 0) is 25.1 Å². The fourth-order valence-corrected chi connectivity index (χ4v) is 4.23. The normalized spacial score (nSPS) is 14.8. The number of likely N-dealkylation sites (N-methyl/N-ethyl adjacent to an activating group) is 1. The molecule has 0 spiro atoms. The first-order valence-electron chi connectivity index (χ1n) is 10.1. The summed E-state index contributed by atoms with van der Waals surface area (Å²) in [6.45, 7) is 3.72. The molecule has 158 valence electrons. The van der Waals surface area contributed by atoms with Gasteiger partial charge in [-0.1, -0.05) is 18.2 Å². The molecule has 3 heterocycles. The van der Waals surface area contributed by atoms with Crippen LogP contribution in [0.4, 0.5) is 9.93 Å². The average Bonchev–Trinajstić information content (AvgIpc) is 3.35. The van der Waals surface area contributed by atoms with Gasteiger partial charge in [-0.15, -0.1) is 11.3 Å². The second-order valence-corrected chi connectivity index (χ2v) is 8.36. The van der Waals surface area contributed by atoms with E-state index in [9.17, 15) is 9.59 Å². The minimum Gasteiger partial charge on any atom is -0.361 e. The van der Waals surface area contributed by atoms with Crippen LogP contribution < -0.4 is 10.6 Å². The van der Waals surface area contributed by atoms with Crippen LogP contribution in [0.1, 0.15) is 11.3 Å². The van der Waals surface area contributed by atoms with Crippen molar-refractivity contribution in [3.8, 4) is 0 Å². The second-order valence-electron chi connectivity index (χ2n) is 7.50. The summed E-state index contributed by atoms with van der Waals surface area (Å²) in [5, 5.41) is 9.32. The monoisotopic (exact) mass is 426 g/mol. The van der Waals surface area contributed by atoms with E-state index in [4.69, 9.17) is 0 Å². The Morgan fingerprint density at radius 1 is 1.20 bits per heavy atom. The Morgan fingerprint density at radius 3 is 2.83 bits per heavy atom. The predicted molar refractivity (Wildman–Crippen MR) is 119 cm³/mol. The van der Waals surface area contributed by atoms with Crippen molar-refractivity contribution in [3.05, 3.63) is 47.1 Å². The number of hydrogen-bond acceptors (Lipinski definition) is 5. The van der Waals surface area contributed by atoms with Crippen LogP contribution in [0.3, 0.4) is 0 Å². The SMILES string of the molecule is CN1CCN(C(=O)Nc2nc(CC(=O)NCCc3c[nH]c4ccccc34)cs2)CC1. The van der Waals surface area contributed by atoms with Crippen molar-refractivity contribution in [1.82, 2.24) is 25.1 Å². The first kappa shape index (κ1) is 20.4. The standard InChI is InChI=1S/C21H26N6O2S/c1-26-8-10-27(11-9-26)21(29)25-20-24-16(14-30-20)12-19(28)22-7-6-15-13-23-18-5-3-2-4-17(15)18/h2-5,13-14,23H,6-12H2,1H3,(H,22,28)(H,24,25,29). The second kappa shape index (κ2) is 9.27. The number of para-hydroxylation sites is 1. The number of carbonyl (C=O) groups is 2. The summed E-state index contributed by atoms with van der Waals surface area (Å²) in [4.78, 5) is 36.2. The minimum absolute atomic E-state index is 0.0721. The largest absolute Gasteiger partial charge is 0.361 e. The van der Waals surface area contributed by atoms with Crippen LogP contribution in [-0.4, -0.2) is 71.5 Å². The van der Waals surface area contributed by atoms with Gasteiger partial charge in [0, 0.05) is 55.2 Å². The Balaban J connectivity index is 1.22. The molecule has 0 atom stereocenters. The zero-order chi connectivity index (χ0) is 20.9. The van der Waals surface area contributed by atoms with Gasteiger partial charge in [0.2, 0.25) is 5.91 Å². The third-order valence-corrected chi connectivity index (χ3v) is 6.10. The van der Waals surface area contributed by atoms with Crippen molar-refractivity contribution in [2.75, 3.05) is 45.1 Å². The highest BCUT2D eigenvalue weighted by molar-refractivity contribution is 7.13. The summed E-state index contributed by atoms with van der Waals surface area (Å²) in [5.41, 5.74) is 2.96. The van der Waals surface area contributed by atoms with Crippen LogP contribution in [0.15, 0.2) is 35.8 Å². The number of hydrogen-bond donors (Lipinski definition) is 3. The van der Waals surface area contributed by atoms with E-state index in [-0.39, 0.29) is 18.4 Å². The lowest BCUT2D eigenvalue weighted by molar-refractivity contribution is -0.120. The molecular weight excluding hydrogens is 400 g/mol. The summed E-state index contributed by atoms with van der Waals surface area (Å²) >= 11 is 1.34. The summed E-state index contributed by atoms with van der Waals surface area (Å²) in [5.74, 6) is -0.0721. The van der Waals surface area contributed by atoms with Crippen LogP contribution in [0.25, 0.3) is 10.9 Å². The van der Waals surface area contributed by atoms with Gasteiger partial charge in [0.15, 0.2) is 5.13 Å². The van der Waals surface area contributed by atoms with E-state index in [2.05, 4.69) is 31.6 Å². The Hall–Kier alpha value is -2.91. The molecule has 8 nitrogen and oxygen atoms in total. The van der Waals surface area contributed by atoms with Gasteiger partial charge < -0.3 is 20.1 Å². The van der Waals surface area contributed by atoms with Gasteiger partial charge in [-0.25, -0.2) is 9.78 Å². The number of urea groups is 1. The Kier molecular flexibility index (Phi) is 6.29. The molecule has 0 aliphatic carbocycles. The highest BCUT2D eigenvalue weighted by Crippen LogP contribution is 2.18. The molecule has 3 aromatic rings. The van der Waals surface area contributed by atoms with Crippen molar-refractivity contribution in [2.24, 2.45) is 0 Å². The molecule has 3 amide bonds. The van der Waals surface area contributed by atoms with E-state index in [0.717, 1.165) is 25.0 Å². The molecule has 0 saturated carbocycles. The van der Waals surface area contributed by atoms with Gasteiger partial charge in [-0.2, -0.15) is 0 Å². The van der Waals surface area contributed by atoms with E-state index < -0.39 is 0 Å². The summed E-state index contributed by atoms with van der Waals surface area (Å²) in [6.07, 6.45) is 2.96. The Bertz CT molecular complexity index is 1020. The molecule has 3 N–H and O–H groups in total. The first-order chi connectivity index (χ1) is 14.6. The van der Waals surface area contributed by atoms with E-state index in [1.807, 2.05) is 36.8 Å². The van der Waals surface area contributed by atoms with Crippen LogP contribution >= 0.6 is 11.3 Å². The zero-order valence-corrected chi connectivity index (χ0v) is 17.8. The van der Waals surface area contributed by atoms with Crippen LogP contribution in [0.2, 0.25) is 0 Å². The van der Waals surface area contributed by atoms with Crippen molar-refractivity contribution >= 4 is 39.3 Å². The molecule has 9 heteroatoms. The number of nitrogens with one attached hydrogen (secondary N) is 3. The molecule has 1 aromatic carbocycles. The highest BCUT2D eigenvalue weighted by atomic mass is 32.1. The molecule has 30 heavy (non-hydrogen) atoms. The lowest BCUT2D eigenvalue weighted by Gasteiger charge is -2.32. The molecule has 0 bridgehead atoms. The maximum Gasteiger partial charge on any atom is 0.323 e. The smallest absolute Gasteiger partial charge is 0.323 e. The third kappa shape index (κ3) is 4.98. The Labute approximate surface area is 179 Å². The molecule has 4 rings (SSSR count). The van der Waals surface area contributed by atoms with E-state index in [1.165, 1.54) is 22.3 Å². The van der Waals surface area contributed by atoms with Gasteiger partial charge in [0.25, 0.3) is 0 Å². The van der Waals surface area contributed by atoms with Crippen molar-refractivity contribution in [3.63, 3.8) is 0 Å². The fourth-order valence-electron chi connectivity index (χ4n) is 3.53. The molecule has 0 radical (unpaired) electrons. The van der Waals surface area contributed by atoms with E-state index >= 15 is 0 Å². The number of benzene rings is 1. The number of carbonyl (C=O) groups excluding carboxylic acids is 2. The zero-order valence-electron chi connectivity index (χ0n) is 17.0. The van der Waals surface area contributed by atoms with E-state index in [0.29, 0.717) is 30.5 Å². The molecule has 1 aliphatic rings. The molecular formula is C21H26N6O2S. The average molecular weight is 427 g/mol. The number of aromatic amines is 1. The molecule has 2 aromatic heterocycles. The van der Waals surface area contributed by atoms with Crippen molar-refractivity contribution in [1.29, 1.82) is 0 Å². The number of amides is 3. The third-order valence-electron chi connectivity index (χ3n) is 5.29. The van der Waals surface area contributed by atoms with E-state index in [1.54, 1.807) is 4.90 Å². The van der Waals surface area contributed by atoms with Crippen LogP contribution in [0, 0.1) is 0 Å². The number of anilines is 1. The number of nitrogens with zero attached hydrogens (tertiary/aromatic N) is 3. The Morgan fingerprint density at radius 2 is 2.00 bits per heavy atom. The molecule has 1 saturated heterocycles. The lowest BCUT2D eigenvalue weighted by atomic mass is 10.1. The predicted octanol–water partition coefficient (Wildman–Crippen LogP) is 2.31. The first-order valence-corrected chi connectivity index (χ1v) is 11.0. The number of piperazine rings is 1. The van der Waals surface area contributed by atoms with Gasteiger partial charge in [-0.3, -0.25) is 10.1 Å². The van der Waals surface area contributed by atoms with Gasteiger partial charge >= 0.3 is 6.03 Å². The van der Waals surface area contributed by atoms with Gasteiger partial charge in [0.05, 0.1) is 12.1 Å². The summed E-state index contributed by atoms with van der Waals surface area (Å²) in [7, 11) is 2.05.